The van der Waals surface area contributed by atoms with E-state index in [1.165, 1.54) is 11.6 Å². The van der Waals surface area contributed by atoms with E-state index in [4.69, 9.17) is 9.84 Å². The Morgan fingerprint density at radius 3 is 2.63 bits per heavy atom. The lowest BCUT2D eigenvalue weighted by Gasteiger charge is -2.36. The molecule has 0 bridgehead atoms. The van der Waals surface area contributed by atoms with Crippen molar-refractivity contribution in [2.45, 2.75) is 19.6 Å². The zero-order chi connectivity index (χ0) is 19.4. The van der Waals surface area contributed by atoms with Crippen LogP contribution in [0, 0.1) is 0 Å². The monoisotopic (exact) mass is 372 g/mol. The minimum atomic E-state index is -0.985. The molecule has 1 aliphatic rings. The van der Waals surface area contributed by atoms with Crippen molar-refractivity contribution in [2.75, 3.05) is 31.1 Å². The third kappa shape index (κ3) is 4.65. The number of benzene rings is 1. The Kier molecular flexibility index (Phi) is 5.75. The minimum absolute atomic E-state index is 0.117. The molecule has 2 aromatic rings. The summed E-state index contributed by atoms with van der Waals surface area (Å²) in [5.74, 6) is -0.383. The van der Waals surface area contributed by atoms with Crippen molar-refractivity contribution in [3.8, 4) is 5.75 Å². The van der Waals surface area contributed by atoms with E-state index in [-0.39, 0.29) is 5.56 Å². The maximum atomic E-state index is 11.8. The molecule has 1 saturated heterocycles. The van der Waals surface area contributed by atoms with Gasteiger partial charge in [0.05, 0.1) is 11.9 Å². The lowest BCUT2D eigenvalue weighted by Crippen LogP contribution is -2.46. The molecule has 0 aliphatic carbocycles. The number of aliphatic carboxylic acids is 1. The largest absolute Gasteiger partial charge is 0.479 e. The Balaban J connectivity index is 1.62. The first-order chi connectivity index (χ1) is 12.9. The first kappa shape index (κ1) is 18.9. The number of hydrogen-bond acceptors (Lipinski definition) is 6. The van der Waals surface area contributed by atoms with Crippen LogP contribution in [0.4, 0.5) is 5.69 Å². The summed E-state index contributed by atoms with van der Waals surface area (Å²) in [7, 11) is 1.63. The molecule has 0 amide bonds. The van der Waals surface area contributed by atoms with Crippen LogP contribution in [0.2, 0.25) is 0 Å². The molecule has 1 fully saturated rings. The number of carboxylic acids is 1. The fourth-order valence-electron chi connectivity index (χ4n) is 3.03. The second-order valence-electron chi connectivity index (χ2n) is 6.64. The molecule has 8 heteroatoms. The molecule has 3 rings (SSSR count). The number of carboxylic acid groups (broad SMARTS) is 1. The predicted octanol–water partition coefficient (Wildman–Crippen LogP) is 0.954. The highest BCUT2D eigenvalue weighted by molar-refractivity contribution is 5.72. The topological polar surface area (TPSA) is 87.9 Å². The summed E-state index contributed by atoms with van der Waals surface area (Å²) >= 11 is 0. The molecule has 0 spiro atoms. The van der Waals surface area contributed by atoms with Gasteiger partial charge in [-0.25, -0.2) is 9.48 Å². The van der Waals surface area contributed by atoms with E-state index in [9.17, 15) is 9.59 Å². The van der Waals surface area contributed by atoms with Crippen molar-refractivity contribution in [3.05, 3.63) is 52.4 Å². The van der Waals surface area contributed by atoms with Crippen LogP contribution in [0.5, 0.6) is 5.75 Å². The lowest BCUT2D eigenvalue weighted by molar-refractivity contribution is -0.144. The summed E-state index contributed by atoms with van der Waals surface area (Å²) in [6, 6.07) is 9.14. The fourth-order valence-corrected chi connectivity index (χ4v) is 3.03. The Morgan fingerprint density at radius 2 is 1.96 bits per heavy atom. The SMILES string of the molecule is CC(Oc1ccccc1CN1CCN(c2cnn(C)c(=O)c2)CC1)C(=O)O. The first-order valence-electron chi connectivity index (χ1n) is 8.92. The Morgan fingerprint density at radius 1 is 1.26 bits per heavy atom. The average molecular weight is 372 g/mol. The molecule has 1 atom stereocenters. The van der Waals surface area contributed by atoms with Gasteiger partial charge in [0.25, 0.3) is 5.56 Å². The van der Waals surface area contributed by atoms with Gasteiger partial charge in [0.2, 0.25) is 0 Å². The quantitative estimate of drug-likeness (QED) is 0.808. The molecular weight excluding hydrogens is 348 g/mol. The van der Waals surface area contributed by atoms with Crippen LogP contribution in [-0.2, 0) is 18.4 Å². The third-order valence-corrected chi connectivity index (χ3v) is 4.71. The molecule has 2 heterocycles. The van der Waals surface area contributed by atoms with Crippen molar-refractivity contribution < 1.29 is 14.6 Å². The summed E-state index contributed by atoms with van der Waals surface area (Å²) in [5.41, 5.74) is 1.69. The van der Waals surface area contributed by atoms with Gasteiger partial charge in [0.1, 0.15) is 5.75 Å². The minimum Gasteiger partial charge on any atom is -0.479 e. The molecule has 1 aromatic carbocycles. The van der Waals surface area contributed by atoms with Gasteiger partial charge in [-0.2, -0.15) is 5.10 Å². The van der Waals surface area contributed by atoms with Crippen molar-refractivity contribution in [1.82, 2.24) is 14.7 Å². The molecule has 27 heavy (non-hydrogen) atoms. The van der Waals surface area contributed by atoms with Crippen LogP contribution in [0.3, 0.4) is 0 Å². The van der Waals surface area contributed by atoms with Crippen LogP contribution in [0.25, 0.3) is 0 Å². The summed E-state index contributed by atoms with van der Waals surface area (Å²) < 4.78 is 6.90. The molecule has 1 unspecified atom stereocenters. The maximum absolute atomic E-state index is 11.8. The highest BCUT2D eigenvalue weighted by Crippen LogP contribution is 2.22. The van der Waals surface area contributed by atoms with Crippen LogP contribution >= 0.6 is 0 Å². The predicted molar refractivity (Wildman–Crippen MR) is 101 cm³/mol. The molecule has 1 N–H and O–H groups in total. The molecule has 1 aromatic heterocycles. The maximum Gasteiger partial charge on any atom is 0.344 e. The fraction of sp³-hybridized carbons (Fsp3) is 0.421. The number of hydrogen-bond donors (Lipinski definition) is 1. The number of carbonyl (C=O) groups is 1. The lowest BCUT2D eigenvalue weighted by atomic mass is 10.1. The average Bonchev–Trinajstić information content (AvgIpc) is 2.66. The van der Waals surface area contributed by atoms with E-state index in [1.807, 2.05) is 18.2 Å². The van der Waals surface area contributed by atoms with Crippen molar-refractivity contribution in [2.24, 2.45) is 7.05 Å². The summed E-state index contributed by atoms with van der Waals surface area (Å²) in [5, 5.41) is 13.1. The van der Waals surface area contributed by atoms with Crippen LogP contribution in [0.1, 0.15) is 12.5 Å². The number of piperazine rings is 1. The number of aryl methyl sites for hydroxylation is 1. The Hall–Kier alpha value is -2.87. The zero-order valence-electron chi connectivity index (χ0n) is 15.5. The van der Waals surface area contributed by atoms with E-state index in [0.717, 1.165) is 37.4 Å². The highest BCUT2D eigenvalue weighted by atomic mass is 16.5. The second kappa shape index (κ2) is 8.22. The van der Waals surface area contributed by atoms with E-state index >= 15 is 0 Å². The standard InChI is InChI=1S/C19H24N4O4/c1-14(19(25)26)27-17-6-4-3-5-15(17)13-22-7-9-23(10-8-22)16-11-18(24)21(2)20-12-16/h3-6,11-12,14H,7-10,13H2,1-2H3,(H,25,26). The van der Waals surface area contributed by atoms with Crippen molar-refractivity contribution in [1.29, 1.82) is 0 Å². The highest BCUT2D eigenvalue weighted by Gasteiger charge is 2.20. The van der Waals surface area contributed by atoms with Gasteiger partial charge in [-0.3, -0.25) is 9.69 Å². The van der Waals surface area contributed by atoms with Crippen LogP contribution in [0.15, 0.2) is 41.3 Å². The van der Waals surface area contributed by atoms with Gasteiger partial charge in [-0.1, -0.05) is 18.2 Å². The van der Waals surface area contributed by atoms with E-state index in [0.29, 0.717) is 12.3 Å². The number of aromatic nitrogens is 2. The van der Waals surface area contributed by atoms with Crippen LogP contribution < -0.4 is 15.2 Å². The van der Waals surface area contributed by atoms with Crippen molar-refractivity contribution >= 4 is 11.7 Å². The van der Waals surface area contributed by atoms with E-state index < -0.39 is 12.1 Å². The molecule has 0 radical (unpaired) electrons. The smallest absolute Gasteiger partial charge is 0.344 e. The summed E-state index contributed by atoms with van der Waals surface area (Å²) in [6.45, 7) is 5.46. The number of anilines is 1. The molecule has 0 saturated carbocycles. The first-order valence-corrected chi connectivity index (χ1v) is 8.92. The van der Waals surface area contributed by atoms with Gasteiger partial charge >= 0.3 is 5.97 Å². The van der Waals surface area contributed by atoms with Gasteiger partial charge in [-0.05, 0) is 13.0 Å². The molecular formula is C19H24N4O4. The summed E-state index contributed by atoms with van der Waals surface area (Å²) in [6.07, 6.45) is 0.823. The number of ether oxygens (including phenoxy) is 1. The zero-order valence-corrected chi connectivity index (χ0v) is 15.5. The number of para-hydroxylation sites is 1. The van der Waals surface area contributed by atoms with Gasteiger partial charge in [0.15, 0.2) is 6.10 Å². The summed E-state index contributed by atoms with van der Waals surface area (Å²) in [4.78, 5) is 27.3. The molecule has 144 valence electrons. The Bertz CT molecular complexity index is 859. The normalized spacial score (nSPS) is 16.1. The number of nitrogens with zero attached hydrogens (tertiary/aromatic N) is 4. The van der Waals surface area contributed by atoms with E-state index in [2.05, 4.69) is 14.9 Å². The molecule has 1 aliphatic heterocycles. The van der Waals surface area contributed by atoms with Gasteiger partial charge in [-0.15, -0.1) is 0 Å². The molecule has 8 nitrogen and oxygen atoms in total. The van der Waals surface area contributed by atoms with Crippen molar-refractivity contribution in [3.63, 3.8) is 0 Å². The van der Waals surface area contributed by atoms with Gasteiger partial charge in [0, 0.05) is 51.4 Å². The van der Waals surface area contributed by atoms with Crippen LogP contribution in [-0.4, -0.2) is 58.0 Å². The third-order valence-electron chi connectivity index (χ3n) is 4.71. The number of rotatable bonds is 6. The van der Waals surface area contributed by atoms with Gasteiger partial charge < -0.3 is 14.7 Å². The van der Waals surface area contributed by atoms with E-state index in [1.54, 1.807) is 25.4 Å². The second-order valence-corrected chi connectivity index (χ2v) is 6.64. The Labute approximate surface area is 157 Å².